The number of aliphatic hydroxyl groups is 1. The number of amides is 2. The van der Waals surface area contributed by atoms with Gasteiger partial charge in [0.25, 0.3) is 0 Å². The first-order valence-electron chi connectivity index (χ1n) is 12.8. The predicted octanol–water partition coefficient (Wildman–Crippen LogP) is 2.68. The molecule has 0 fully saturated rings. The molecule has 0 aromatic carbocycles. The van der Waals surface area contributed by atoms with Crippen molar-refractivity contribution in [1.29, 1.82) is 0 Å². The van der Waals surface area contributed by atoms with Crippen molar-refractivity contribution in [3.05, 3.63) is 0 Å². The Balaban J connectivity index is 5.61. The number of carboxylic acids is 1. The highest BCUT2D eigenvalue weighted by atomic mass is 16.6. The number of carboxylic acid groups (broad SMARTS) is 1. The number of hydrogen-bond donors (Lipinski definition) is 4. The van der Waals surface area contributed by atoms with Gasteiger partial charge in [-0.25, -0.2) is 14.4 Å². The lowest BCUT2D eigenvalue weighted by Crippen LogP contribution is -2.53. The molecule has 0 bridgehead atoms. The molecular formula is C26H46N2O9. The van der Waals surface area contributed by atoms with Crippen molar-refractivity contribution in [3.8, 4) is 0 Å². The largest absolute Gasteiger partial charge is 0.480 e. The molecule has 11 nitrogen and oxygen atoms in total. The second-order valence-electron chi connectivity index (χ2n) is 11.3. The minimum absolute atomic E-state index is 0.00832. The summed E-state index contributed by atoms with van der Waals surface area (Å²) in [4.78, 5) is 62.4. The van der Waals surface area contributed by atoms with E-state index in [1.807, 2.05) is 6.92 Å². The van der Waals surface area contributed by atoms with E-state index >= 15 is 0 Å². The highest BCUT2D eigenvalue weighted by Crippen LogP contribution is 2.19. The zero-order valence-corrected chi connectivity index (χ0v) is 23.8. The highest BCUT2D eigenvalue weighted by molar-refractivity contribution is 6.04. The van der Waals surface area contributed by atoms with Crippen LogP contribution in [0.5, 0.6) is 0 Å². The number of ketones is 1. The summed E-state index contributed by atoms with van der Waals surface area (Å²) in [6, 6.07) is -2.22. The van der Waals surface area contributed by atoms with Crippen LogP contribution in [-0.2, 0) is 28.7 Å². The lowest BCUT2D eigenvalue weighted by atomic mass is 9.92. The van der Waals surface area contributed by atoms with Gasteiger partial charge in [-0.05, 0) is 51.9 Å². The molecule has 0 heterocycles. The third-order valence-corrected chi connectivity index (χ3v) is 5.79. The molecule has 0 spiro atoms. The normalized spacial score (nSPS) is 16.7. The molecule has 4 N–H and O–H groups in total. The maximum absolute atomic E-state index is 13.1. The Bertz CT molecular complexity index is 804. The summed E-state index contributed by atoms with van der Waals surface area (Å²) in [5.41, 5.74) is -0.795. The van der Waals surface area contributed by atoms with Crippen LogP contribution in [0.3, 0.4) is 0 Å². The molecule has 0 saturated heterocycles. The van der Waals surface area contributed by atoms with Gasteiger partial charge in [0.2, 0.25) is 5.91 Å². The van der Waals surface area contributed by atoms with Crippen molar-refractivity contribution in [3.63, 3.8) is 0 Å². The van der Waals surface area contributed by atoms with Gasteiger partial charge in [-0.3, -0.25) is 9.59 Å². The number of Topliss-reactive ketones (excluding diaryl/α,β-unsaturated/α-hetero) is 1. The number of nitrogens with one attached hydrogen (secondary N) is 2. The smallest absolute Gasteiger partial charge is 0.407 e. The number of aliphatic carboxylic acids is 1. The second-order valence-corrected chi connectivity index (χ2v) is 11.3. The Hall–Kier alpha value is -2.69. The van der Waals surface area contributed by atoms with E-state index in [1.54, 1.807) is 55.4 Å². The van der Waals surface area contributed by atoms with Crippen molar-refractivity contribution >= 4 is 29.7 Å². The fraction of sp³-hybridized carbons (Fsp3) is 0.808. The van der Waals surface area contributed by atoms with Crippen LogP contribution in [0.15, 0.2) is 0 Å². The molecule has 6 atom stereocenters. The molecule has 0 saturated carbocycles. The van der Waals surface area contributed by atoms with Gasteiger partial charge in [0.15, 0.2) is 18.0 Å². The van der Waals surface area contributed by atoms with Gasteiger partial charge in [0.1, 0.15) is 11.6 Å². The predicted molar refractivity (Wildman–Crippen MR) is 137 cm³/mol. The number of aliphatic hydroxyl groups excluding tert-OH is 1. The van der Waals surface area contributed by atoms with Gasteiger partial charge < -0.3 is 30.3 Å². The summed E-state index contributed by atoms with van der Waals surface area (Å²) in [6.45, 7) is 16.7. The van der Waals surface area contributed by atoms with E-state index in [0.717, 1.165) is 0 Å². The third-order valence-electron chi connectivity index (χ3n) is 5.79. The molecule has 37 heavy (non-hydrogen) atoms. The SMILES string of the molecule is CC[C@H](C)[C@H](NC(=O)OC(C)(C)C)[C@@H](O)C(=O)O[C@H](C(=O)[C@H](C)C(=O)N[C@@H](CC(C)C)C(=O)O)C(C)C. The summed E-state index contributed by atoms with van der Waals surface area (Å²) < 4.78 is 10.6. The van der Waals surface area contributed by atoms with Crippen molar-refractivity contribution in [1.82, 2.24) is 10.6 Å². The Kier molecular flexibility index (Phi) is 13.8. The fourth-order valence-corrected chi connectivity index (χ4v) is 3.46. The van der Waals surface area contributed by atoms with E-state index in [1.165, 1.54) is 6.92 Å². The number of carbonyl (C=O) groups is 5. The summed E-state index contributed by atoms with van der Waals surface area (Å²) >= 11 is 0. The Morgan fingerprint density at radius 2 is 1.46 bits per heavy atom. The van der Waals surface area contributed by atoms with E-state index < -0.39 is 71.5 Å². The number of alkyl carbamates (subject to hydrolysis) is 1. The number of rotatable bonds is 14. The van der Waals surface area contributed by atoms with Crippen LogP contribution < -0.4 is 10.6 Å². The van der Waals surface area contributed by atoms with Gasteiger partial charge in [-0.15, -0.1) is 0 Å². The summed E-state index contributed by atoms with van der Waals surface area (Å²) in [5.74, 6) is -6.10. The van der Waals surface area contributed by atoms with Crippen LogP contribution in [0.4, 0.5) is 4.79 Å². The van der Waals surface area contributed by atoms with Gasteiger partial charge in [0.05, 0.1) is 12.0 Å². The Morgan fingerprint density at radius 3 is 1.86 bits per heavy atom. The van der Waals surface area contributed by atoms with E-state index in [0.29, 0.717) is 6.42 Å². The molecule has 0 unspecified atom stereocenters. The van der Waals surface area contributed by atoms with Gasteiger partial charge in [-0.2, -0.15) is 0 Å². The van der Waals surface area contributed by atoms with Crippen LogP contribution >= 0.6 is 0 Å². The van der Waals surface area contributed by atoms with E-state index in [4.69, 9.17) is 9.47 Å². The fourth-order valence-electron chi connectivity index (χ4n) is 3.46. The number of carbonyl (C=O) groups excluding carboxylic acids is 4. The standard InChI is InChI=1S/C26H46N2O9/c1-11-15(6)18(28-25(35)37-26(8,9)10)20(30)24(34)36-21(14(4)5)19(29)16(7)22(31)27-17(23(32)33)12-13(2)3/h13-18,20-21,30H,11-12H2,1-10H3,(H,27,31)(H,28,35)(H,32,33)/t15-,16-,17-,18-,20+,21-/m0/s1. The first-order chi connectivity index (χ1) is 16.8. The van der Waals surface area contributed by atoms with Crippen LogP contribution in [0.1, 0.15) is 82.1 Å². The highest BCUT2D eigenvalue weighted by Gasteiger charge is 2.39. The zero-order valence-electron chi connectivity index (χ0n) is 23.8. The first-order valence-corrected chi connectivity index (χ1v) is 12.8. The summed E-state index contributed by atoms with van der Waals surface area (Å²) in [6.07, 6.45) is -3.31. The Morgan fingerprint density at radius 1 is 0.919 bits per heavy atom. The average molecular weight is 531 g/mol. The molecule has 0 aliphatic rings. The Labute approximate surface area is 220 Å². The molecule has 0 aromatic rings. The maximum atomic E-state index is 13.1. The third kappa shape index (κ3) is 11.9. The molecule has 0 aliphatic heterocycles. The number of ether oxygens (including phenoxy) is 2. The first kappa shape index (κ1) is 34.3. The lowest BCUT2D eigenvalue weighted by molar-refractivity contribution is -0.169. The zero-order chi connectivity index (χ0) is 29.2. The number of hydrogen-bond acceptors (Lipinski definition) is 8. The lowest BCUT2D eigenvalue weighted by Gasteiger charge is -2.31. The van der Waals surface area contributed by atoms with Gasteiger partial charge >= 0.3 is 18.0 Å². The van der Waals surface area contributed by atoms with E-state index in [9.17, 15) is 34.2 Å². The van der Waals surface area contributed by atoms with Crippen LogP contribution in [-0.4, -0.2) is 69.8 Å². The second kappa shape index (κ2) is 14.9. The monoisotopic (exact) mass is 530 g/mol. The topological polar surface area (TPSA) is 168 Å². The van der Waals surface area contributed by atoms with E-state index in [2.05, 4.69) is 10.6 Å². The maximum Gasteiger partial charge on any atom is 0.407 e. The minimum Gasteiger partial charge on any atom is -0.480 e. The van der Waals surface area contributed by atoms with Crippen molar-refractivity contribution in [2.75, 3.05) is 0 Å². The van der Waals surface area contributed by atoms with Crippen LogP contribution in [0, 0.1) is 23.7 Å². The molecule has 0 rings (SSSR count). The molecule has 0 radical (unpaired) electrons. The van der Waals surface area contributed by atoms with Crippen molar-refractivity contribution < 1.29 is 43.7 Å². The van der Waals surface area contributed by atoms with Crippen LogP contribution in [0.2, 0.25) is 0 Å². The van der Waals surface area contributed by atoms with Crippen molar-refractivity contribution in [2.24, 2.45) is 23.7 Å². The van der Waals surface area contributed by atoms with E-state index in [-0.39, 0.29) is 18.3 Å². The molecule has 11 heteroatoms. The summed E-state index contributed by atoms with van der Waals surface area (Å²) in [7, 11) is 0. The van der Waals surface area contributed by atoms with Crippen LogP contribution in [0.25, 0.3) is 0 Å². The molecule has 2 amide bonds. The average Bonchev–Trinajstić information content (AvgIpc) is 2.76. The minimum atomic E-state index is -1.80. The van der Waals surface area contributed by atoms with Gasteiger partial charge in [-0.1, -0.05) is 48.0 Å². The molecular weight excluding hydrogens is 484 g/mol. The molecule has 0 aliphatic carbocycles. The quantitative estimate of drug-likeness (QED) is 0.195. The molecule has 0 aromatic heterocycles. The molecule has 214 valence electrons. The summed E-state index contributed by atoms with van der Waals surface area (Å²) in [5, 5.41) is 25.0. The number of esters is 1. The van der Waals surface area contributed by atoms with Crippen molar-refractivity contribution in [2.45, 2.75) is 112 Å². The van der Waals surface area contributed by atoms with Gasteiger partial charge in [0, 0.05) is 0 Å².